The Morgan fingerprint density at radius 2 is 1.68 bits per heavy atom. The van der Waals surface area contributed by atoms with Crippen molar-refractivity contribution >= 4 is 29.1 Å². The van der Waals surface area contributed by atoms with Crippen molar-refractivity contribution in [2.45, 2.75) is 25.0 Å². The van der Waals surface area contributed by atoms with Crippen LogP contribution in [0.15, 0.2) is 36.4 Å². The number of benzene rings is 2. The number of nitrogens with zero attached hydrogens (tertiary/aromatic N) is 2. The monoisotopic (exact) mass is 442 g/mol. The normalized spacial score (nSPS) is 17.5. The van der Waals surface area contributed by atoms with Crippen molar-refractivity contribution in [3.8, 4) is 11.1 Å². The number of hydrogen-bond acceptors (Lipinski definition) is 5. The van der Waals surface area contributed by atoms with Crippen LogP contribution in [0.5, 0.6) is 0 Å². The molecule has 1 heterocycles. The minimum Gasteiger partial charge on any atom is -0.398 e. The van der Waals surface area contributed by atoms with Crippen molar-refractivity contribution in [2.24, 2.45) is 0 Å². The van der Waals surface area contributed by atoms with Gasteiger partial charge in [0.25, 0.3) is 11.8 Å². The van der Waals surface area contributed by atoms with Gasteiger partial charge in [-0.15, -0.1) is 0 Å². The summed E-state index contributed by atoms with van der Waals surface area (Å²) in [6.07, 6.45) is 1.05. The van der Waals surface area contributed by atoms with E-state index in [1.807, 2.05) is 31.3 Å². The summed E-state index contributed by atoms with van der Waals surface area (Å²) in [7, 11) is 1.87. The summed E-state index contributed by atoms with van der Waals surface area (Å²) in [5, 5.41) is 13.5. The predicted octanol–water partition coefficient (Wildman–Crippen LogP) is 2.12. The van der Waals surface area contributed by atoms with Gasteiger partial charge in [-0.25, -0.2) is 0 Å². The maximum absolute atomic E-state index is 13.0. The summed E-state index contributed by atoms with van der Waals surface area (Å²) >= 11 is 6.48. The standard InChI is InChI=1S/C23H27ClN4O3/c1-26-14-17-3-2-16(13-20(17)25)15-4-5-18(19(24)12-15)21(29)27-8-10-28(11-9-27)22(30)23(31)6-7-23/h2-5,12-13,26,31H,6-11,14,25H2,1H3. The third-order valence-electron chi connectivity index (χ3n) is 6.02. The van der Waals surface area contributed by atoms with E-state index in [0.717, 1.165) is 16.7 Å². The molecule has 1 aliphatic carbocycles. The van der Waals surface area contributed by atoms with E-state index in [0.29, 0.717) is 61.8 Å². The van der Waals surface area contributed by atoms with Gasteiger partial charge in [0.05, 0.1) is 10.6 Å². The van der Waals surface area contributed by atoms with E-state index in [-0.39, 0.29) is 11.8 Å². The van der Waals surface area contributed by atoms with E-state index in [1.54, 1.807) is 21.9 Å². The Labute approximate surface area is 186 Å². The Balaban J connectivity index is 1.44. The van der Waals surface area contributed by atoms with Gasteiger partial charge in [0.15, 0.2) is 0 Å². The molecule has 31 heavy (non-hydrogen) atoms. The van der Waals surface area contributed by atoms with Crippen LogP contribution in [0, 0.1) is 0 Å². The van der Waals surface area contributed by atoms with Crippen molar-refractivity contribution in [3.05, 3.63) is 52.5 Å². The Morgan fingerprint density at radius 1 is 1.06 bits per heavy atom. The van der Waals surface area contributed by atoms with Gasteiger partial charge in [0, 0.05) is 38.4 Å². The predicted molar refractivity (Wildman–Crippen MR) is 121 cm³/mol. The van der Waals surface area contributed by atoms with Crippen LogP contribution in [0.1, 0.15) is 28.8 Å². The first-order chi connectivity index (χ1) is 14.8. The second-order valence-corrected chi connectivity index (χ2v) is 8.66. The number of carbonyl (C=O) groups is 2. The fourth-order valence-electron chi connectivity index (χ4n) is 3.90. The van der Waals surface area contributed by atoms with Crippen LogP contribution in [0.2, 0.25) is 5.02 Å². The highest BCUT2D eigenvalue weighted by Crippen LogP contribution is 2.37. The van der Waals surface area contributed by atoms with Crippen molar-refractivity contribution in [3.63, 3.8) is 0 Å². The molecule has 1 saturated heterocycles. The van der Waals surface area contributed by atoms with Gasteiger partial charge in [0.2, 0.25) is 0 Å². The molecule has 0 unspecified atom stereocenters. The minimum atomic E-state index is -1.17. The van der Waals surface area contributed by atoms with Gasteiger partial charge >= 0.3 is 0 Å². The number of aliphatic hydroxyl groups is 1. The van der Waals surface area contributed by atoms with Gasteiger partial charge in [-0.3, -0.25) is 9.59 Å². The molecule has 2 aromatic rings. The van der Waals surface area contributed by atoms with Crippen LogP contribution < -0.4 is 11.1 Å². The van der Waals surface area contributed by atoms with Gasteiger partial charge in [0.1, 0.15) is 5.60 Å². The third kappa shape index (κ3) is 4.39. The average Bonchev–Trinajstić information content (AvgIpc) is 3.53. The number of rotatable bonds is 5. The molecule has 2 aliphatic rings. The lowest BCUT2D eigenvalue weighted by atomic mass is 10.0. The second kappa shape index (κ2) is 8.49. The average molecular weight is 443 g/mol. The highest BCUT2D eigenvalue weighted by molar-refractivity contribution is 6.34. The molecule has 0 aromatic heterocycles. The topological polar surface area (TPSA) is 98.9 Å². The lowest BCUT2D eigenvalue weighted by Crippen LogP contribution is -2.53. The summed E-state index contributed by atoms with van der Waals surface area (Å²) in [4.78, 5) is 28.6. The lowest BCUT2D eigenvalue weighted by molar-refractivity contribution is -0.143. The van der Waals surface area contributed by atoms with Gasteiger partial charge in [-0.2, -0.15) is 0 Å². The summed E-state index contributed by atoms with van der Waals surface area (Å²) in [6, 6.07) is 11.3. The van der Waals surface area contributed by atoms with Crippen LogP contribution in [0.3, 0.4) is 0 Å². The largest absolute Gasteiger partial charge is 0.398 e. The fraction of sp³-hybridized carbons (Fsp3) is 0.391. The Kier molecular flexibility index (Phi) is 5.92. The van der Waals surface area contributed by atoms with E-state index in [9.17, 15) is 14.7 Å². The molecule has 4 N–H and O–H groups in total. The Morgan fingerprint density at radius 3 is 2.26 bits per heavy atom. The molecule has 4 rings (SSSR count). The molecule has 7 nitrogen and oxygen atoms in total. The van der Waals surface area contributed by atoms with Crippen molar-refractivity contribution in [1.29, 1.82) is 0 Å². The number of halogens is 1. The smallest absolute Gasteiger partial charge is 0.255 e. The van der Waals surface area contributed by atoms with Crippen LogP contribution in [-0.2, 0) is 11.3 Å². The Hall–Kier alpha value is -2.61. The molecule has 0 radical (unpaired) electrons. The quantitative estimate of drug-likeness (QED) is 0.616. The van der Waals surface area contributed by atoms with Crippen molar-refractivity contribution in [2.75, 3.05) is 39.0 Å². The zero-order valence-corrected chi connectivity index (χ0v) is 18.3. The molecule has 2 fully saturated rings. The first-order valence-corrected chi connectivity index (χ1v) is 10.8. The number of carbonyl (C=O) groups excluding carboxylic acids is 2. The summed E-state index contributed by atoms with van der Waals surface area (Å²) in [5.74, 6) is -0.375. The van der Waals surface area contributed by atoms with Crippen LogP contribution >= 0.6 is 11.6 Å². The zero-order chi connectivity index (χ0) is 22.2. The molecule has 2 aromatic carbocycles. The van der Waals surface area contributed by atoms with E-state index in [4.69, 9.17) is 17.3 Å². The number of nitrogens with two attached hydrogens (primary N) is 1. The molecule has 1 saturated carbocycles. The van der Waals surface area contributed by atoms with E-state index in [2.05, 4.69) is 5.32 Å². The number of anilines is 1. The zero-order valence-electron chi connectivity index (χ0n) is 17.5. The van der Waals surface area contributed by atoms with Crippen LogP contribution in [0.25, 0.3) is 11.1 Å². The molecular formula is C23H27ClN4O3. The van der Waals surface area contributed by atoms with Gasteiger partial charge in [-0.1, -0.05) is 29.8 Å². The number of amides is 2. The molecule has 0 atom stereocenters. The van der Waals surface area contributed by atoms with Gasteiger partial charge < -0.3 is 26.0 Å². The van der Waals surface area contributed by atoms with E-state index in [1.165, 1.54) is 0 Å². The molecule has 164 valence electrons. The highest BCUT2D eigenvalue weighted by Gasteiger charge is 2.50. The highest BCUT2D eigenvalue weighted by atomic mass is 35.5. The first kappa shape index (κ1) is 21.6. The van der Waals surface area contributed by atoms with E-state index >= 15 is 0 Å². The fourth-order valence-corrected chi connectivity index (χ4v) is 4.16. The number of nitrogen functional groups attached to an aromatic ring is 1. The summed E-state index contributed by atoms with van der Waals surface area (Å²) in [5.41, 5.74) is 8.96. The molecule has 8 heteroatoms. The second-order valence-electron chi connectivity index (χ2n) is 8.25. The van der Waals surface area contributed by atoms with Crippen LogP contribution in [-0.4, -0.2) is 65.5 Å². The number of piperazine rings is 1. The van der Waals surface area contributed by atoms with Crippen molar-refractivity contribution < 1.29 is 14.7 Å². The first-order valence-electron chi connectivity index (χ1n) is 10.5. The molecular weight excluding hydrogens is 416 g/mol. The van der Waals surface area contributed by atoms with E-state index < -0.39 is 5.60 Å². The molecule has 1 aliphatic heterocycles. The third-order valence-corrected chi connectivity index (χ3v) is 6.33. The van der Waals surface area contributed by atoms with Gasteiger partial charge in [-0.05, 0) is 54.8 Å². The van der Waals surface area contributed by atoms with Crippen LogP contribution in [0.4, 0.5) is 5.69 Å². The summed E-state index contributed by atoms with van der Waals surface area (Å²) < 4.78 is 0. The molecule has 0 spiro atoms. The lowest BCUT2D eigenvalue weighted by Gasteiger charge is -2.36. The number of nitrogens with one attached hydrogen (secondary N) is 1. The maximum Gasteiger partial charge on any atom is 0.255 e. The molecule has 0 bridgehead atoms. The SMILES string of the molecule is CNCc1ccc(-c2ccc(C(=O)N3CCN(C(=O)C4(O)CC4)CC3)c(Cl)c2)cc1N. The summed E-state index contributed by atoms with van der Waals surface area (Å²) in [6.45, 7) is 2.37. The molecule has 2 amide bonds. The van der Waals surface area contributed by atoms with Crippen molar-refractivity contribution in [1.82, 2.24) is 15.1 Å². The maximum atomic E-state index is 13.0. The Bertz CT molecular complexity index is 1010. The minimum absolute atomic E-state index is 0.155. The number of hydrogen-bond donors (Lipinski definition) is 3.